The second-order valence-corrected chi connectivity index (χ2v) is 5.73. The van der Waals surface area contributed by atoms with Gasteiger partial charge in [0.1, 0.15) is 0 Å². The molecule has 0 radical (unpaired) electrons. The molecule has 4 aromatic rings. The molecule has 0 aliphatic carbocycles. The monoisotopic (exact) mass is 316 g/mol. The van der Waals surface area contributed by atoms with Gasteiger partial charge in [-0.05, 0) is 36.4 Å². The second-order valence-electron chi connectivity index (χ2n) is 5.73. The molecule has 5 nitrogen and oxygen atoms in total. The molecule has 0 atom stereocenters. The van der Waals surface area contributed by atoms with Gasteiger partial charge in [0.15, 0.2) is 0 Å². The van der Waals surface area contributed by atoms with Crippen LogP contribution in [0.4, 0.5) is 5.69 Å². The van der Waals surface area contributed by atoms with E-state index in [0.29, 0.717) is 11.8 Å². The van der Waals surface area contributed by atoms with Crippen molar-refractivity contribution >= 4 is 16.6 Å². The highest BCUT2D eigenvalue weighted by atomic mass is 16.4. The van der Waals surface area contributed by atoms with Crippen molar-refractivity contribution in [3.05, 3.63) is 60.8 Å². The Bertz CT molecular complexity index is 1000. The number of hydrogen-bond donors (Lipinski definition) is 0. The zero-order valence-corrected chi connectivity index (χ0v) is 13.5. The fraction of sp³-hybridized carbons (Fsp3) is 0.105. The molecule has 2 heterocycles. The molecule has 0 aliphatic heterocycles. The molecule has 0 fully saturated rings. The summed E-state index contributed by atoms with van der Waals surface area (Å²) in [7, 11) is 4.00. The summed E-state index contributed by atoms with van der Waals surface area (Å²) in [6.07, 6.45) is 1.78. The van der Waals surface area contributed by atoms with Crippen LogP contribution in [-0.4, -0.2) is 29.3 Å². The Balaban J connectivity index is 1.79. The van der Waals surface area contributed by atoms with Crippen LogP contribution >= 0.6 is 0 Å². The maximum atomic E-state index is 5.93. The maximum absolute atomic E-state index is 5.93. The topological polar surface area (TPSA) is 55.1 Å². The average Bonchev–Trinajstić information content (AvgIpc) is 3.11. The van der Waals surface area contributed by atoms with Gasteiger partial charge in [-0.15, -0.1) is 10.2 Å². The van der Waals surface area contributed by atoms with Crippen molar-refractivity contribution in [2.75, 3.05) is 19.0 Å². The van der Waals surface area contributed by atoms with Crippen LogP contribution in [0.15, 0.2) is 65.2 Å². The van der Waals surface area contributed by atoms with Crippen molar-refractivity contribution in [2.45, 2.75) is 0 Å². The molecule has 2 aromatic carbocycles. The highest BCUT2D eigenvalue weighted by molar-refractivity contribution is 5.92. The van der Waals surface area contributed by atoms with Crippen molar-refractivity contribution in [1.29, 1.82) is 0 Å². The zero-order valence-electron chi connectivity index (χ0n) is 13.5. The van der Waals surface area contributed by atoms with E-state index in [2.05, 4.69) is 15.2 Å². The maximum Gasteiger partial charge on any atom is 0.248 e. The van der Waals surface area contributed by atoms with E-state index < -0.39 is 0 Å². The van der Waals surface area contributed by atoms with E-state index in [1.54, 1.807) is 6.20 Å². The molecule has 0 amide bonds. The number of pyridine rings is 1. The van der Waals surface area contributed by atoms with E-state index in [4.69, 9.17) is 4.42 Å². The third-order valence-corrected chi connectivity index (χ3v) is 3.91. The van der Waals surface area contributed by atoms with Crippen molar-refractivity contribution in [3.63, 3.8) is 0 Å². The minimum atomic E-state index is 0.499. The van der Waals surface area contributed by atoms with Crippen LogP contribution in [0.2, 0.25) is 0 Å². The molecular formula is C19H16N4O. The first-order chi connectivity index (χ1) is 11.7. The van der Waals surface area contributed by atoms with Crippen LogP contribution in [0, 0.1) is 0 Å². The van der Waals surface area contributed by atoms with Gasteiger partial charge >= 0.3 is 0 Å². The first-order valence-corrected chi connectivity index (χ1v) is 7.68. The van der Waals surface area contributed by atoms with Gasteiger partial charge in [-0.2, -0.15) is 0 Å². The molecule has 0 bridgehead atoms. The van der Waals surface area contributed by atoms with Crippen molar-refractivity contribution in [2.24, 2.45) is 0 Å². The third kappa shape index (κ3) is 2.50. The van der Waals surface area contributed by atoms with Gasteiger partial charge in [0.25, 0.3) is 0 Å². The van der Waals surface area contributed by atoms with Crippen LogP contribution in [-0.2, 0) is 0 Å². The first-order valence-electron chi connectivity index (χ1n) is 7.68. The lowest BCUT2D eigenvalue weighted by Crippen LogP contribution is -2.08. The predicted octanol–water partition coefficient (Wildman–Crippen LogP) is 4.02. The minimum Gasteiger partial charge on any atom is -0.416 e. The summed E-state index contributed by atoms with van der Waals surface area (Å²) in [5.74, 6) is 1.01. The summed E-state index contributed by atoms with van der Waals surface area (Å²) in [5, 5.41) is 9.44. The first kappa shape index (κ1) is 14.4. The lowest BCUT2D eigenvalue weighted by molar-refractivity contribution is 0.585. The van der Waals surface area contributed by atoms with Crippen LogP contribution < -0.4 is 4.90 Å². The summed E-state index contributed by atoms with van der Waals surface area (Å²) in [5.41, 5.74) is 3.78. The van der Waals surface area contributed by atoms with Crippen molar-refractivity contribution in [3.8, 4) is 22.9 Å². The molecule has 2 aromatic heterocycles. The molecule has 0 spiro atoms. The van der Waals surface area contributed by atoms with Gasteiger partial charge < -0.3 is 9.32 Å². The van der Waals surface area contributed by atoms with E-state index in [1.807, 2.05) is 73.6 Å². The normalized spacial score (nSPS) is 10.9. The van der Waals surface area contributed by atoms with Crippen molar-refractivity contribution < 1.29 is 4.42 Å². The highest BCUT2D eigenvalue weighted by Gasteiger charge is 2.13. The lowest BCUT2D eigenvalue weighted by atomic mass is 10.1. The van der Waals surface area contributed by atoms with Gasteiger partial charge in [0.2, 0.25) is 11.8 Å². The van der Waals surface area contributed by atoms with Crippen LogP contribution in [0.25, 0.3) is 33.8 Å². The standard InChI is InChI=1S/C19H16N4O/c1-23(2)14-7-3-6-13(12-14)18-21-22-19(24-18)16-8-4-10-17-15(16)9-5-11-20-17/h3-12H,1-2H3. The summed E-state index contributed by atoms with van der Waals surface area (Å²) < 4.78 is 5.93. The van der Waals surface area contributed by atoms with E-state index in [0.717, 1.165) is 27.7 Å². The Morgan fingerprint density at radius 3 is 2.58 bits per heavy atom. The molecule has 0 unspecified atom stereocenters. The summed E-state index contributed by atoms with van der Waals surface area (Å²) >= 11 is 0. The minimum absolute atomic E-state index is 0.499. The Hall–Kier alpha value is -3.21. The van der Waals surface area contributed by atoms with E-state index in [-0.39, 0.29) is 0 Å². The van der Waals surface area contributed by atoms with Gasteiger partial charge in [-0.1, -0.05) is 18.2 Å². The number of benzene rings is 2. The van der Waals surface area contributed by atoms with E-state index in [1.165, 1.54) is 0 Å². The van der Waals surface area contributed by atoms with Gasteiger partial charge in [0, 0.05) is 42.5 Å². The molecule has 24 heavy (non-hydrogen) atoms. The third-order valence-electron chi connectivity index (χ3n) is 3.91. The largest absolute Gasteiger partial charge is 0.416 e. The fourth-order valence-corrected chi connectivity index (χ4v) is 2.66. The Morgan fingerprint density at radius 2 is 1.71 bits per heavy atom. The predicted molar refractivity (Wildman–Crippen MR) is 94.8 cm³/mol. The summed E-state index contributed by atoms with van der Waals surface area (Å²) in [4.78, 5) is 6.41. The van der Waals surface area contributed by atoms with E-state index in [9.17, 15) is 0 Å². The quantitative estimate of drug-likeness (QED) is 0.571. The number of rotatable bonds is 3. The molecule has 4 rings (SSSR count). The van der Waals surface area contributed by atoms with E-state index >= 15 is 0 Å². The number of nitrogens with zero attached hydrogens (tertiary/aromatic N) is 4. The van der Waals surface area contributed by atoms with Crippen LogP contribution in [0.1, 0.15) is 0 Å². The molecule has 118 valence electrons. The summed E-state index contributed by atoms with van der Waals surface area (Å²) in [6.45, 7) is 0. The number of fused-ring (bicyclic) bond motifs is 1. The molecular weight excluding hydrogens is 300 g/mol. The van der Waals surface area contributed by atoms with Gasteiger partial charge in [0.05, 0.1) is 5.52 Å². The zero-order chi connectivity index (χ0) is 16.5. The Morgan fingerprint density at radius 1 is 0.875 bits per heavy atom. The molecule has 0 N–H and O–H groups in total. The van der Waals surface area contributed by atoms with Crippen LogP contribution in [0.5, 0.6) is 0 Å². The van der Waals surface area contributed by atoms with Crippen LogP contribution in [0.3, 0.4) is 0 Å². The molecule has 0 aliphatic rings. The van der Waals surface area contributed by atoms with Gasteiger partial charge in [-0.3, -0.25) is 4.98 Å². The fourth-order valence-electron chi connectivity index (χ4n) is 2.66. The number of aromatic nitrogens is 3. The molecule has 0 saturated heterocycles. The molecule has 5 heteroatoms. The Labute approximate surface area is 139 Å². The van der Waals surface area contributed by atoms with Crippen molar-refractivity contribution in [1.82, 2.24) is 15.2 Å². The summed E-state index contributed by atoms with van der Waals surface area (Å²) in [6, 6.07) is 17.8. The Kier molecular flexibility index (Phi) is 3.46. The second kappa shape index (κ2) is 5.77. The number of anilines is 1. The highest BCUT2D eigenvalue weighted by Crippen LogP contribution is 2.30. The number of hydrogen-bond acceptors (Lipinski definition) is 5. The van der Waals surface area contributed by atoms with Gasteiger partial charge in [-0.25, -0.2) is 0 Å². The smallest absolute Gasteiger partial charge is 0.248 e. The SMILES string of the molecule is CN(C)c1cccc(-c2nnc(-c3cccc4ncccc34)o2)c1. The molecule has 0 saturated carbocycles. The lowest BCUT2D eigenvalue weighted by Gasteiger charge is -2.12. The average molecular weight is 316 g/mol.